The van der Waals surface area contributed by atoms with Crippen LogP contribution in [0.3, 0.4) is 0 Å². The van der Waals surface area contributed by atoms with Gasteiger partial charge in [-0.1, -0.05) is 29.8 Å². The number of anilines is 1. The zero-order chi connectivity index (χ0) is 11.0. The standard InChI is InChI=1S/C13H12ClNS/c14-13-6-5-11(16-13)8-10-7-9-3-1-2-4-12(9)15-10/h1-6,10,15H,7-8H2. The first-order valence-corrected chi connectivity index (χ1v) is 6.59. The summed E-state index contributed by atoms with van der Waals surface area (Å²) in [5.41, 5.74) is 2.71. The summed E-state index contributed by atoms with van der Waals surface area (Å²) in [6.45, 7) is 0. The second-order valence-electron chi connectivity index (χ2n) is 4.11. The Morgan fingerprint density at radius 1 is 1.25 bits per heavy atom. The number of rotatable bonds is 2. The minimum absolute atomic E-state index is 0.520. The van der Waals surface area contributed by atoms with E-state index in [1.54, 1.807) is 11.3 Å². The molecule has 1 aromatic carbocycles. The zero-order valence-corrected chi connectivity index (χ0v) is 10.3. The largest absolute Gasteiger partial charge is 0.381 e. The van der Waals surface area contributed by atoms with E-state index >= 15 is 0 Å². The fraction of sp³-hybridized carbons (Fsp3) is 0.231. The third-order valence-corrected chi connectivity index (χ3v) is 4.17. The number of nitrogens with one attached hydrogen (secondary N) is 1. The molecule has 1 nitrogen and oxygen atoms in total. The van der Waals surface area contributed by atoms with E-state index in [4.69, 9.17) is 11.6 Å². The molecule has 0 spiro atoms. The van der Waals surface area contributed by atoms with Crippen molar-refractivity contribution in [1.82, 2.24) is 0 Å². The Kier molecular flexibility index (Phi) is 2.62. The smallest absolute Gasteiger partial charge is 0.0931 e. The van der Waals surface area contributed by atoms with Crippen LogP contribution in [0.2, 0.25) is 4.34 Å². The average Bonchev–Trinajstić information content (AvgIpc) is 2.84. The molecule has 0 bridgehead atoms. The number of halogens is 1. The molecule has 0 fully saturated rings. The summed E-state index contributed by atoms with van der Waals surface area (Å²) in [5.74, 6) is 0. The number of benzene rings is 1. The van der Waals surface area contributed by atoms with E-state index in [2.05, 4.69) is 35.6 Å². The monoisotopic (exact) mass is 249 g/mol. The van der Waals surface area contributed by atoms with Gasteiger partial charge in [-0.3, -0.25) is 0 Å². The van der Waals surface area contributed by atoms with E-state index in [-0.39, 0.29) is 0 Å². The van der Waals surface area contributed by atoms with Gasteiger partial charge in [0.05, 0.1) is 4.34 Å². The Bertz CT molecular complexity index is 481. The number of para-hydroxylation sites is 1. The molecule has 0 amide bonds. The first kappa shape index (κ1) is 10.2. The van der Waals surface area contributed by atoms with Gasteiger partial charge in [0.25, 0.3) is 0 Å². The Morgan fingerprint density at radius 3 is 2.88 bits per heavy atom. The van der Waals surface area contributed by atoms with E-state index in [1.807, 2.05) is 6.07 Å². The third-order valence-electron chi connectivity index (χ3n) is 2.92. The van der Waals surface area contributed by atoms with Crippen molar-refractivity contribution in [2.24, 2.45) is 0 Å². The summed E-state index contributed by atoms with van der Waals surface area (Å²) in [6.07, 6.45) is 2.18. The second-order valence-corrected chi connectivity index (χ2v) is 5.91. The second kappa shape index (κ2) is 4.11. The fourth-order valence-corrected chi connectivity index (χ4v) is 3.37. The summed E-state index contributed by atoms with van der Waals surface area (Å²) in [4.78, 5) is 1.36. The number of hydrogen-bond donors (Lipinski definition) is 1. The summed E-state index contributed by atoms with van der Waals surface area (Å²) in [5, 5.41) is 3.56. The highest BCUT2D eigenvalue weighted by Gasteiger charge is 2.20. The maximum absolute atomic E-state index is 5.93. The highest BCUT2D eigenvalue weighted by Crippen LogP contribution is 2.29. The van der Waals surface area contributed by atoms with Crippen molar-refractivity contribution in [2.45, 2.75) is 18.9 Å². The van der Waals surface area contributed by atoms with Crippen LogP contribution < -0.4 is 5.32 Å². The zero-order valence-electron chi connectivity index (χ0n) is 8.74. The lowest BCUT2D eigenvalue weighted by molar-refractivity contribution is 0.755. The van der Waals surface area contributed by atoms with Crippen LogP contribution in [0.5, 0.6) is 0 Å². The van der Waals surface area contributed by atoms with Crippen LogP contribution in [0.4, 0.5) is 5.69 Å². The summed E-state index contributed by atoms with van der Waals surface area (Å²) < 4.78 is 0.880. The van der Waals surface area contributed by atoms with Gasteiger partial charge in [0.1, 0.15) is 0 Å². The average molecular weight is 250 g/mol. The van der Waals surface area contributed by atoms with Crippen LogP contribution in [-0.4, -0.2) is 6.04 Å². The molecule has 0 radical (unpaired) electrons. The van der Waals surface area contributed by atoms with Gasteiger partial charge in [0.15, 0.2) is 0 Å². The van der Waals surface area contributed by atoms with Crippen molar-refractivity contribution in [3.8, 4) is 0 Å². The van der Waals surface area contributed by atoms with Crippen LogP contribution in [0, 0.1) is 0 Å². The molecule has 1 unspecified atom stereocenters. The van der Waals surface area contributed by atoms with E-state index in [1.165, 1.54) is 16.1 Å². The molecule has 0 saturated heterocycles. The van der Waals surface area contributed by atoms with Gasteiger partial charge in [-0.2, -0.15) is 0 Å². The Labute approximate surface area is 104 Å². The first-order chi connectivity index (χ1) is 7.81. The van der Waals surface area contributed by atoms with Crippen molar-refractivity contribution in [3.63, 3.8) is 0 Å². The van der Waals surface area contributed by atoms with Crippen LogP contribution in [0.1, 0.15) is 10.4 Å². The van der Waals surface area contributed by atoms with Crippen molar-refractivity contribution >= 4 is 28.6 Å². The lowest BCUT2D eigenvalue weighted by atomic mass is 10.1. The highest BCUT2D eigenvalue weighted by atomic mass is 35.5. The number of thiophene rings is 1. The summed E-state index contributed by atoms with van der Waals surface area (Å²) in [6, 6.07) is 13.1. The predicted molar refractivity (Wildman–Crippen MR) is 70.6 cm³/mol. The summed E-state index contributed by atoms with van der Waals surface area (Å²) >= 11 is 7.61. The summed E-state index contributed by atoms with van der Waals surface area (Å²) in [7, 11) is 0. The van der Waals surface area contributed by atoms with Crippen molar-refractivity contribution in [1.29, 1.82) is 0 Å². The van der Waals surface area contributed by atoms with Crippen LogP contribution >= 0.6 is 22.9 Å². The molecule has 1 N–H and O–H groups in total. The third kappa shape index (κ3) is 1.95. The molecule has 1 atom stereocenters. The van der Waals surface area contributed by atoms with E-state index in [9.17, 15) is 0 Å². The minimum atomic E-state index is 0.520. The number of fused-ring (bicyclic) bond motifs is 1. The van der Waals surface area contributed by atoms with Crippen molar-refractivity contribution < 1.29 is 0 Å². The lowest BCUT2D eigenvalue weighted by Gasteiger charge is -2.09. The van der Waals surface area contributed by atoms with Crippen LogP contribution in [0.25, 0.3) is 0 Å². The molecule has 3 heteroatoms. The topological polar surface area (TPSA) is 12.0 Å². The molecule has 1 aliphatic rings. The molecule has 1 aromatic heterocycles. The molecule has 1 aliphatic heterocycles. The molecule has 3 rings (SSSR count). The van der Waals surface area contributed by atoms with Gasteiger partial charge in [-0.05, 0) is 30.2 Å². The molecular weight excluding hydrogens is 238 g/mol. The molecular formula is C13H12ClNS. The van der Waals surface area contributed by atoms with E-state index in [0.29, 0.717) is 6.04 Å². The Hall–Kier alpha value is -0.990. The highest BCUT2D eigenvalue weighted by molar-refractivity contribution is 7.16. The Balaban J connectivity index is 1.72. The maximum Gasteiger partial charge on any atom is 0.0931 e. The lowest BCUT2D eigenvalue weighted by Crippen LogP contribution is -2.17. The van der Waals surface area contributed by atoms with Gasteiger partial charge >= 0.3 is 0 Å². The minimum Gasteiger partial charge on any atom is -0.381 e. The maximum atomic E-state index is 5.93. The van der Waals surface area contributed by atoms with E-state index < -0.39 is 0 Å². The van der Waals surface area contributed by atoms with Gasteiger partial charge in [-0.15, -0.1) is 11.3 Å². The van der Waals surface area contributed by atoms with Crippen LogP contribution in [-0.2, 0) is 12.8 Å². The molecule has 82 valence electrons. The van der Waals surface area contributed by atoms with Crippen molar-refractivity contribution in [2.75, 3.05) is 5.32 Å². The predicted octanol–water partition coefficient (Wildman–Crippen LogP) is 3.98. The molecule has 2 heterocycles. The molecule has 0 saturated carbocycles. The van der Waals surface area contributed by atoms with Gasteiger partial charge in [0.2, 0.25) is 0 Å². The first-order valence-electron chi connectivity index (χ1n) is 5.40. The van der Waals surface area contributed by atoms with Crippen LogP contribution in [0.15, 0.2) is 36.4 Å². The SMILES string of the molecule is Clc1ccc(CC2Cc3ccccc3N2)s1. The quantitative estimate of drug-likeness (QED) is 0.849. The van der Waals surface area contributed by atoms with Crippen molar-refractivity contribution in [3.05, 3.63) is 51.2 Å². The molecule has 0 aliphatic carbocycles. The Morgan fingerprint density at radius 2 is 2.12 bits per heavy atom. The fourth-order valence-electron chi connectivity index (χ4n) is 2.20. The molecule has 16 heavy (non-hydrogen) atoms. The number of hydrogen-bond acceptors (Lipinski definition) is 2. The normalized spacial score (nSPS) is 18.2. The van der Waals surface area contributed by atoms with Gasteiger partial charge in [-0.25, -0.2) is 0 Å². The van der Waals surface area contributed by atoms with Gasteiger partial charge in [0, 0.05) is 23.0 Å². The van der Waals surface area contributed by atoms with E-state index in [0.717, 1.165) is 17.2 Å². The molecule has 2 aromatic rings. The van der Waals surface area contributed by atoms with Gasteiger partial charge < -0.3 is 5.32 Å².